The van der Waals surface area contributed by atoms with Crippen LogP contribution in [0, 0.1) is 0 Å². The van der Waals surface area contributed by atoms with E-state index in [9.17, 15) is 5.11 Å². The Labute approximate surface area is 170 Å². The number of benzene rings is 1. The van der Waals surface area contributed by atoms with E-state index in [2.05, 4.69) is 33.4 Å². The topological polar surface area (TPSA) is 45.2 Å². The molecular formula is C22H28N2O3S. The predicted octanol–water partition coefficient (Wildman–Crippen LogP) is 3.10. The average molecular weight is 401 g/mol. The summed E-state index contributed by atoms with van der Waals surface area (Å²) in [5, 5.41) is 11.7. The summed E-state index contributed by atoms with van der Waals surface area (Å²) < 4.78 is 11.3. The number of rotatable bonds is 7. The molecule has 0 radical (unpaired) electrons. The Kier molecular flexibility index (Phi) is 6.32. The van der Waals surface area contributed by atoms with Gasteiger partial charge >= 0.3 is 0 Å². The van der Waals surface area contributed by atoms with Crippen molar-refractivity contribution in [1.29, 1.82) is 0 Å². The molecule has 150 valence electrons. The Balaban J connectivity index is 1.40. The number of hydrogen-bond acceptors (Lipinski definition) is 6. The minimum Gasteiger partial charge on any atom is -0.497 e. The zero-order valence-corrected chi connectivity index (χ0v) is 17.2. The molecule has 28 heavy (non-hydrogen) atoms. The highest BCUT2D eigenvalue weighted by Gasteiger charge is 2.27. The van der Waals surface area contributed by atoms with Gasteiger partial charge < -0.3 is 14.6 Å². The van der Waals surface area contributed by atoms with Crippen molar-refractivity contribution in [2.24, 2.45) is 0 Å². The van der Waals surface area contributed by atoms with Crippen molar-refractivity contribution in [2.75, 3.05) is 46.5 Å². The van der Waals surface area contributed by atoms with Crippen LogP contribution in [0.25, 0.3) is 6.08 Å². The van der Waals surface area contributed by atoms with Gasteiger partial charge in [-0.2, -0.15) is 0 Å². The van der Waals surface area contributed by atoms with Gasteiger partial charge in [0.05, 0.1) is 7.11 Å². The van der Waals surface area contributed by atoms with Crippen molar-refractivity contribution in [3.8, 4) is 11.5 Å². The molecule has 2 aromatic rings. The number of piperazine rings is 1. The second-order valence-electron chi connectivity index (χ2n) is 7.45. The van der Waals surface area contributed by atoms with Crippen LogP contribution in [0.2, 0.25) is 0 Å². The minimum atomic E-state index is 0.235. The normalized spacial score (nSPS) is 20.4. The van der Waals surface area contributed by atoms with Crippen molar-refractivity contribution in [1.82, 2.24) is 9.80 Å². The lowest BCUT2D eigenvalue weighted by Crippen LogP contribution is -2.53. The van der Waals surface area contributed by atoms with E-state index in [0.29, 0.717) is 12.6 Å². The maximum atomic E-state index is 9.54. The zero-order valence-electron chi connectivity index (χ0n) is 16.3. The highest BCUT2D eigenvalue weighted by atomic mass is 32.1. The quantitative estimate of drug-likeness (QED) is 0.774. The largest absolute Gasteiger partial charge is 0.497 e. The smallest absolute Gasteiger partial charge is 0.127 e. The van der Waals surface area contributed by atoms with Gasteiger partial charge in [-0.15, -0.1) is 11.3 Å². The van der Waals surface area contributed by atoms with Crippen LogP contribution in [0.5, 0.6) is 11.5 Å². The van der Waals surface area contributed by atoms with Gasteiger partial charge in [0.15, 0.2) is 0 Å². The fraction of sp³-hybridized carbons (Fsp3) is 0.455. The van der Waals surface area contributed by atoms with Crippen LogP contribution in [-0.4, -0.2) is 67.5 Å². The first kappa shape index (κ1) is 19.5. The Bertz CT molecular complexity index is 806. The number of thiophene rings is 1. The van der Waals surface area contributed by atoms with Crippen molar-refractivity contribution < 1.29 is 14.6 Å². The van der Waals surface area contributed by atoms with E-state index in [1.54, 1.807) is 7.11 Å². The molecule has 1 aromatic heterocycles. The molecule has 1 fully saturated rings. The minimum absolute atomic E-state index is 0.235. The van der Waals surface area contributed by atoms with Crippen molar-refractivity contribution in [3.63, 3.8) is 0 Å². The SMILES string of the molecule is COc1ccc2c(c1)C=C(CN1CCN(Cc3cccs3)C(CCO)C1)CO2. The number of fused-ring (bicyclic) bond motifs is 1. The summed E-state index contributed by atoms with van der Waals surface area (Å²) >= 11 is 1.81. The highest BCUT2D eigenvalue weighted by molar-refractivity contribution is 7.09. The number of nitrogens with zero attached hydrogens (tertiary/aromatic N) is 2. The van der Waals surface area contributed by atoms with Gasteiger partial charge in [0.2, 0.25) is 0 Å². The third-order valence-electron chi connectivity index (χ3n) is 5.51. The van der Waals surface area contributed by atoms with Crippen molar-refractivity contribution in [3.05, 3.63) is 51.7 Å². The fourth-order valence-electron chi connectivity index (χ4n) is 4.04. The second-order valence-corrected chi connectivity index (χ2v) is 8.48. The molecule has 6 heteroatoms. The van der Waals surface area contributed by atoms with Crippen molar-refractivity contribution >= 4 is 17.4 Å². The summed E-state index contributed by atoms with van der Waals surface area (Å²) in [4.78, 5) is 6.40. The lowest BCUT2D eigenvalue weighted by atomic mass is 10.0. The molecule has 1 atom stereocenters. The Morgan fingerprint density at radius 2 is 2.18 bits per heavy atom. The van der Waals surface area contributed by atoms with Crippen LogP contribution >= 0.6 is 11.3 Å². The van der Waals surface area contributed by atoms with Crippen LogP contribution < -0.4 is 9.47 Å². The van der Waals surface area contributed by atoms with E-state index in [-0.39, 0.29) is 6.61 Å². The summed E-state index contributed by atoms with van der Waals surface area (Å²) in [5.41, 5.74) is 2.37. The molecule has 0 saturated carbocycles. The first-order chi connectivity index (χ1) is 13.7. The van der Waals surface area contributed by atoms with Gasteiger partial charge in [0.1, 0.15) is 18.1 Å². The summed E-state index contributed by atoms with van der Waals surface area (Å²) in [7, 11) is 1.69. The third kappa shape index (κ3) is 4.58. The zero-order chi connectivity index (χ0) is 19.3. The first-order valence-electron chi connectivity index (χ1n) is 9.85. The van der Waals surface area contributed by atoms with Crippen molar-refractivity contribution in [2.45, 2.75) is 19.0 Å². The molecule has 4 rings (SSSR count). The summed E-state index contributed by atoms with van der Waals surface area (Å²) in [6, 6.07) is 10.6. The summed E-state index contributed by atoms with van der Waals surface area (Å²) in [5.74, 6) is 1.77. The van der Waals surface area contributed by atoms with Gasteiger partial charge in [0, 0.05) is 55.8 Å². The van der Waals surface area contributed by atoms with E-state index in [1.807, 2.05) is 29.5 Å². The van der Waals surface area contributed by atoms with Crippen LogP contribution in [0.1, 0.15) is 16.9 Å². The molecule has 0 amide bonds. The molecule has 1 unspecified atom stereocenters. The Morgan fingerprint density at radius 1 is 1.25 bits per heavy atom. The molecule has 1 N–H and O–H groups in total. The van der Waals surface area contributed by atoms with Gasteiger partial charge in [-0.25, -0.2) is 0 Å². The molecule has 0 spiro atoms. The monoisotopic (exact) mass is 400 g/mol. The molecule has 5 nitrogen and oxygen atoms in total. The average Bonchev–Trinajstić information content (AvgIpc) is 3.23. The van der Waals surface area contributed by atoms with E-state index < -0.39 is 0 Å². The van der Waals surface area contributed by atoms with Crippen LogP contribution in [0.4, 0.5) is 0 Å². The van der Waals surface area contributed by atoms with Crippen LogP contribution in [0.15, 0.2) is 41.3 Å². The molecular weight excluding hydrogens is 372 g/mol. The highest BCUT2D eigenvalue weighted by Crippen LogP contribution is 2.30. The predicted molar refractivity (Wildman–Crippen MR) is 113 cm³/mol. The Hall–Kier alpha value is -1.86. The van der Waals surface area contributed by atoms with Gasteiger partial charge in [-0.1, -0.05) is 6.07 Å². The molecule has 3 heterocycles. The summed E-state index contributed by atoms with van der Waals surface area (Å²) in [6.07, 6.45) is 3.05. The molecule has 1 aromatic carbocycles. The standard InChI is InChI=1S/C22H28N2O3S/c1-26-20-4-5-22-18(12-20)11-17(16-27-22)13-23-7-8-24(19(14-23)6-9-25)15-21-3-2-10-28-21/h2-5,10-12,19,25H,6-9,13-16H2,1H3. The lowest BCUT2D eigenvalue weighted by Gasteiger charge is -2.41. The van der Waals surface area contributed by atoms with Gasteiger partial charge in [-0.3, -0.25) is 9.80 Å². The maximum Gasteiger partial charge on any atom is 0.127 e. The number of aliphatic hydroxyl groups is 1. The first-order valence-corrected chi connectivity index (χ1v) is 10.7. The van der Waals surface area contributed by atoms with Gasteiger partial charge in [0.25, 0.3) is 0 Å². The second kappa shape index (κ2) is 9.09. The molecule has 0 aliphatic carbocycles. The van der Waals surface area contributed by atoms with E-state index in [4.69, 9.17) is 9.47 Å². The lowest BCUT2D eigenvalue weighted by molar-refractivity contribution is 0.0581. The van der Waals surface area contributed by atoms with Gasteiger partial charge in [-0.05, 0) is 47.7 Å². The number of methoxy groups -OCH3 is 1. The molecule has 2 aliphatic heterocycles. The summed E-state index contributed by atoms with van der Waals surface area (Å²) in [6.45, 7) is 5.81. The van der Waals surface area contributed by atoms with E-state index in [0.717, 1.165) is 56.2 Å². The maximum absolute atomic E-state index is 9.54. The van der Waals surface area contributed by atoms with Crippen LogP contribution in [-0.2, 0) is 6.54 Å². The molecule has 0 bridgehead atoms. The van der Waals surface area contributed by atoms with Crippen LogP contribution in [0.3, 0.4) is 0 Å². The molecule has 2 aliphatic rings. The number of aliphatic hydroxyl groups excluding tert-OH is 1. The number of ether oxygens (including phenoxy) is 2. The third-order valence-corrected chi connectivity index (χ3v) is 6.37. The fourth-order valence-corrected chi connectivity index (χ4v) is 4.77. The Morgan fingerprint density at radius 3 is 2.96 bits per heavy atom. The number of hydrogen-bond donors (Lipinski definition) is 1. The van der Waals surface area contributed by atoms with E-state index in [1.165, 1.54) is 10.5 Å². The molecule has 1 saturated heterocycles. The van der Waals surface area contributed by atoms with E-state index >= 15 is 0 Å².